The molecule has 0 aliphatic carbocycles. The van der Waals surface area contributed by atoms with Crippen LogP contribution in [-0.2, 0) is 4.79 Å². The third-order valence-electron chi connectivity index (χ3n) is 3.32. The molecule has 1 aromatic carbocycles. The van der Waals surface area contributed by atoms with Crippen molar-refractivity contribution in [2.75, 3.05) is 39.0 Å². The molecule has 0 radical (unpaired) electrons. The number of anilines is 1. The number of nitrogens with two attached hydrogens (primary N) is 1. The van der Waals surface area contributed by atoms with Crippen LogP contribution in [0.15, 0.2) is 24.3 Å². The second-order valence-electron chi connectivity index (χ2n) is 4.76. The zero-order valence-corrected chi connectivity index (χ0v) is 11.8. The molecule has 0 saturated carbocycles. The summed E-state index contributed by atoms with van der Waals surface area (Å²) in [5.41, 5.74) is 7.30. The summed E-state index contributed by atoms with van der Waals surface area (Å²) in [5.74, 6) is 0.690. The molecule has 0 bridgehead atoms. The van der Waals surface area contributed by atoms with Gasteiger partial charge in [-0.2, -0.15) is 0 Å². The van der Waals surface area contributed by atoms with Gasteiger partial charge in [0.25, 0.3) is 0 Å². The monoisotopic (exact) mass is 275 g/mol. The van der Waals surface area contributed by atoms with Crippen LogP contribution in [0.5, 0.6) is 5.75 Å². The minimum absolute atomic E-state index is 0.0445. The van der Waals surface area contributed by atoms with Crippen LogP contribution < -0.4 is 15.8 Å². The molecule has 0 unspecified atom stereocenters. The maximum atomic E-state index is 12.1. The third kappa shape index (κ3) is 3.74. The highest BCUT2D eigenvalue weighted by Gasteiger charge is 2.12. The molecule has 1 aliphatic heterocycles. The summed E-state index contributed by atoms with van der Waals surface area (Å²) in [4.78, 5) is 14.0. The molecule has 2 rings (SSSR count). The maximum absolute atomic E-state index is 12.1. The van der Waals surface area contributed by atoms with Gasteiger partial charge in [-0.3, -0.25) is 4.79 Å². The van der Waals surface area contributed by atoms with Crippen molar-refractivity contribution >= 4 is 17.7 Å². The number of benzene rings is 1. The van der Waals surface area contributed by atoms with E-state index in [4.69, 9.17) is 10.5 Å². The van der Waals surface area contributed by atoms with Crippen molar-refractivity contribution in [1.82, 2.24) is 10.2 Å². The number of nitrogen functional groups attached to an aromatic ring is 1. The molecule has 1 fully saturated rings. The first-order valence-electron chi connectivity index (χ1n) is 6.82. The molecular formula is C15H21N3O2. The number of nitrogens with one attached hydrogen (secondary N) is 1. The zero-order chi connectivity index (χ0) is 14.4. The van der Waals surface area contributed by atoms with Gasteiger partial charge >= 0.3 is 0 Å². The molecule has 1 amide bonds. The molecule has 1 saturated heterocycles. The molecule has 108 valence electrons. The van der Waals surface area contributed by atoms with Crippen molar-refractivity contribution < 1.29 is 9.53 Å². The van der Waals surface area contributed by atoms with E-state index >= 15 is 0 Å². The fraction of sp³-hybridized carbons (Fsp3) is 0.400. The standard InChI is InChI=1S/C15H21N3O2/c1-20-14-5-3-12(11-13(14)16)4-6-15(19)18-9-2-7-17-8-10-18/h3-6,11,17H,2,7-10,16H2,1H3/b6-4-. The van der Waals surface area contributed by atoms with E-state index in [9.17, 15) is 4.79 Å². The van der Waals surface area contributed by atoms with Crippen LogP contribution >= 0.6 is 0 Å². The smallest absolute Gasteiger partial charge is 0.246 e. The normalized spacial score (nSPS) is 16.1. The van der Waals surface area contributed by atoms with Crippen molar-refractivity contribution in [2.24, 2.45) is 0 Å². The molecule has 20 heavy (non-hydrogen) atoms. The minimum Gasteiger partial charge on any atom is -0.495 e. The summed E-state index contributed by atoms with van der Waals surface area (Å²) in [6.07, 6.45) is 4.39. The van der Waals surface area contributed by atoms with E-state index in [-0.39, 0.29) is 5.91 Å². The predicted octanol–water partition coefficient (Wildman–Crippen LogP) is 1.11. The second-order valence-corrected chi connectivity index (χ2v) is 4.76. The Morgan fingerprint density at radius 3 is 3.00 bits per heavy atom. The van der Waals surface area contributed by atoms with Gasteiger partial charge in [-0.05, 0) is 36.7 Å². The molecule has 1 aliphatic rings. The first-order chi connectivity index (χ1) is 9.70. The van der Waals surface area contributed by atoms with Crippen LogP contribution in [-0.4, -0.2) is 44.1 Å². The lowest BCUT2D eigenvalue weighted by Gasteiger charge is -2.17. The number of nitrogens with zero attached hydrogens (tertiary/aromatic N) is 1. The van der Waals surface area contributed by atoms with Crippen molar-refractivity contribution in [3.8, 4) is 5.75 Å². The molecule has 0 atom stereocenters. The van der Waals surface area contributed by atoms with E-state index in [1.165, 1.54) is 0 Å². The molecule has 1 heterocycles. The molecule has 1 aromatic rings. The van der Waals surface area contributed by atoms with Crippen molar-refractivity contribution in [1.29, 1.82) is 0 Å². The number of carbonyl (C=O) groups is 1. The van der Waals surface area contributed by atoms with Crippen molar-refractivity contribution in [3.63, 3.8) is 0 Å². The van der Waals surface area contributed by atoms with Gasteiger partial charge in [0.05, 0.1) is 12.8 Å². The number of hydrogen-bond acceptors (Lipinski definition) is 4. The summed E-state index contributed by atoms with van der Waals surface area (Å²) >= 11 is 0. The van der Waals surface area contributed by atoms with E-state index in [1.54, 1.807) is 31.4 Å². The minimum atomic E-state index is 0.0445. The SMILES string of the molecule is COc1ccc(/C=C\C(=O)N2CCCNCC2)cc1N. The van der Waals surface area contributed by atoms with Gasteiger partial charge in [-0.1, -0.05) is 6.07 Å². The Hall–Kier alpha value is -2.01. The molecule has 0 aromatic heterocycles. The van der Waals surface area contributed by atoms with Crippen molar-refractivity contribution in [2.45, 2.75) is 6.42 Å². The van der Waals surface area contributed by atoms with E-state index in [2.05, 4.69) is 5.32 Å². The topological polar surface area (TPSA) is 67.6 Å². The van der Waals surface area contributed by atoms with Crippen molar-refractivity contribution in [3.05, 3.63) is 29.8 Å². The van der Waals surface area contributed by atoms with Gasteiger partial charge in [0, 0.05) is 25.7 Å². The lowest BCUT2D eigenvalue weighted by Crippen LogP contribution is -2.32. The summed E-state index contributed by atoms with van der Waals surface area (Å²) in [5, 5.41) is 3.28. The summed E-state index contributed by atoms with van der Waals surface area (Å²) < 4.78 is 5.10. The van der Waals surface area contributed by atoms with Gasteiger partial charge in [0.15, 0.2) is 0 Å². The first kappa shape index (κ1) is 14.4. The number of amides is 1. The predicted molar refractivity (Wildman–Crippen MR) is 80.5 cm³/mol. The van der Waals surface area contributed by atoms with Crippen LogP contribution in [0.25, 0.3) is 6.08 Å². The van der Waals surface area contributed by atoms with E-state index in [0.29, 0.717) is 11.4 Å². The lowest BCUT2D eigenvalue weighted by molar-refractivity contribution is -0.125. The van der Waals surface area contributed by atoms with E-state index < -0.39 is 0 Å². The highest BCUT2D eigenvalue weighted by atomic mass is 16.5. The Morgan fingerprint density at radius 1 is 1.40 bits per heavy atom. The average molecular weight is 275 g/mol. The third-order valence-corrected chi connectivity index (χ3v) is 3.32. The maximum Gasteiger partial charge on any atom is 0.246 e. The quantitative estimate of drug-likeness (QED) is 0.640. The van der Waals surface area contributed by atoms with Crippen LogP contribution in [0.3, 0.4) is 0 Å². The van der Waals surface area contributed by atoms with E-state index in [1.807, 2.05) is 11.0 Å². The average Bonchev–Trinajstić information content (AvgIpc) is 2.74. The van der Waals surface area contributed by atoms with Gasteiger partial charge in [0.1, 0.15) is 5.75 Å². The molecule has 3 N–H and O–H groups in total. The second kappa shape index (κ2) is 6.96. The lowest BCUT2D eigenvalue weighted by atomic mass is 10.1. The fourth-order valence-corrected chi connectivity index (χ4v) is 2.20. The Bertz CT molecular complexity index is 492. The highest BCUT2D eigenvalue weighted by molar-refractivity contribution is 5.92. The van der Waals surface area contributed by atoms with Crippen LogP contribution in [0.4, 0.5) is 5.69 Å². The van der Waals surface area contributed by atoms with Gasteiger partial charge in [-0.15, -0.1) is 0 Å². The Kier molecular flexibility index (Phi) is 5.01. The fourth-order valence-electron chi connectivity index (χ4n) is 2.20. The Morgan fingerprint density at radius 2 is 2.25 bits per heavy atom. The molecule has 0 spiro atoms. The van der Waals surface area contributed by atoms with Crippen LogP contribution in [0, 0.1) is 0 Å². The number of methoxy groups -OCH3 is 1. The Labute approximate surface area is 119 Å². The van der Waals surface area contributed by atoms with Crippen LogP contribution in [0.1, 0.15) is 12.0 Å². The number of hydrogen-bond donors (Lipinski definition) is 2. The number of rotatable bonds is 3. The summed E-state index contributed by atoms with van der Waals surface area (Å²) in [6, 6.07) is 5.48. The number of carbonyl (C=O) groups excluding carboxylic acids is 1. The molecule has 5 heteroatoms. The van der Waals surface area contributed by atoms with Crippen LogP contribution in [0.2, 0.25) is 0 Å². The van der Waals surface area contributed by atoms with Gasteiger partial charge < -0.3 is 20.7 Å². The largest absolute Gasteiger partial charge is 0.495 e. The van der Waals surface area contributed by atoms with Gasteiger partial charge in [-0.25, -0.2) is 0 Å². The zero-order valence-electron chi connectivity index (χ0n) is 11.8. The molecular weight excluding hydrogens is 254 g/mol. The van der Waals surface area contributed by atoms with E-state index in [0.717, 1.165) is 38.2 Å². The summed E-state index contributed by atoms with van der Waals surface area (Å²) in [7, 11) is 1.58. The highest BCUT2D eigenvalue weighted by Crippen LogP contribution is 2.22. The first-order valence-corrected chi connectivity index (χ1v) is 6.82. The Balaban J connectivity index is 2.00. The summed E-state index contributed by atoms with van der Waals surface area (Å²) in [6.45, 7) is 3.40. The van der Waals surface area contributed by atoms with Gasteiger partial charge in [0.2, 0.25) is 5.91 Å². The molecule has 5 nitrogen and oxygen atoms in total. The number of ether oxygens (including phenoxy) is 1.